The molecule has 0 saturated carbocycles. The Labute approximate surface area is 86.6 Å². The Morgan fingerprint density at radius 2 is 2.27 bits per heavy atom. The molecule has 0 aromatic heterocycles. The second-order valence-electron chi connectivity index (χ2n) is 3.18. The van der Waals surface area contributed by atoms with Crippen LogP contribution in [0.4, 0.5) is 0 Å². The van der Waals surface area contributed by atoms with E-state index in [1.165, 1.54) is 19.4 Å². The number of hydrogen-bond donors (Lipinski definition) is 0. The molecule has 0 saturated heterocycles. The minimum Gasteiger partial charge on any atom is -0.468 e. The molecule has 0 N–H and O–H groups in total. The summed E-state index contributed by atoms with van der Waals surface area (Å²) in [4.78, 5) is 26.8. The standard InChI is InChI=1S/C11H9NO3/c1-15-11(14)7-2-3-9-8(6-7)10(13)4-5-12-9/h2-7H,1H3. The SMILES string of the molecule is COC(=O)C1C=CC2=NC=CC(=O)C2=C1. The Morgan fingerprint density at radius 3 is 3.00 bits per heavy atom. The normalized spacial score (nSPS) is 23.0. The number of ether oxygens (including phenoxy) is 1. The number of nitrogens with zero attached hydrogens (tertiary/aromatic N) is 1. The van der Waals surface area contributed by atoms with Crippen molar-refractivity contribution in [2.75, 3.05) is 7.11 Å². The highest BCUT2D eigenvalue weighted by molar-refractivity contribution is 6.31. The van der Waals surface area contributed by atoms with E-state index in [0.29, 0.717) is 11.3 Å². The van der Waals surface area contributed by atoms with Crippen molar-refractivity contribution < 1.29 is 14.3 Å². The van der Waals surface area contributed by atoms with E-state index in [1.807, 2.05) is 0 Å². The van der Waals surface area contributed by atoms with Crippen molar-refractivity contribution in [2.24, 2.45) is 10.9 Å². The van der Waals surface area contributed by atoms with Crippen LogP contribution in [0.25, 0.3) is 0 Å². The van der Waals surface area contributed by atoms with Gasteiger partial charge in [0.05, 0.1) is 18.7 Å². The summed E-state index contributed by atoms with van der Waals surface area (Å²) in [7, 11) is 1.32. The first-order valence-electron chi connectivity index (χ1n) is 4.49. The van der Waals surface area contributed by atoms with Crippen molar-refractivity contribution in [3.05, 3.63) is 36.1 Å². The summed E-state index contributed by atoms with van der Waals surface area (Å²) in [5.41, 5.74) is 1.07. The van der Waals surface area contributed by atoms with E-state index < -0.39 is 5.92 Å². The number of ketones is 1. The fourth-order valence-electron chi connectivity index (χ4n) is 1.48. The van der Waals surface area contributed by atoms with Gasteiger partial charge in [-0.3, -0.25) is 14.6 Å². The highest BCUT2D eigenvalue weighted by atomic mass is 16.5. The van der Waals surface area contributed by atoms with Gasteiger partial charge in [0.25, 0.3) is 0 Å². The van der Waals surface area contributed by atoms with Gasteiger partial charge in [-0.25, -0.2) is 0 Å². The number of fused-ring (bicyclic) bond motifs is 1. The van der Waals surface area contributed by atoms with Gasteiger partial charge >= 0.3 is 5.97 Å². The van der Waals surface area contributed by atoms with Crippen LogP contribution in [0, 0.1) is 5.92 Å². The van der Waals surface area contributed by atoms with E-state index in [1.54, 1.807) is 18.2 Å². The molecule has 0 aromatic rings. The molecule has 1 heterocycles. The molecule has 0 amide bonds. The molecule has 1 atom stereocenters. The van der Waals surface area contributed by atoms with Crippen LogP contribution in [0.3, 0.4) is 0 Å². The van der Waals surface area contributed by atoms with Crippen molar-refractivity contribution in [1.82, 2.24) is 0 Å². The van der Waals surface area contributed by atoms with Crippen molar-refractivity contribution >= 4 is 17.5 Å². The average molecular weight is 203 g/mol. The maximum absolute atomic E-state index is 11.5. The third-order valence-corrected chi connectivity index (χ3v) is 2.26. The molecular weight excluding hydrogens is 194 g/mol. The summed E-state index contributed by atoms with van der Waals surface area (Å²) in [5.74, 6) is -0.988. The Hall–Kier alpha value is -1.97. The Kier molecular flexibility index (Phi) is 2.33. The number of hydrogen-bond acceptors (Lipinski definition) is 4. The lowest BCUT2D eigenvalue weighted by atomic mass is 9.92. The largest absolute Gasteiger partial charge is 0.468 e. The van der Waals surface area contributed by atoms with Crippen molar-refractivity contribution in [3.63, 3.8) is 0 Å². The number of methoxy groups -OCH3 is 1. The molecule has 1 aliphatic carbocycles. The number of rotatable bonds is 1. The van der Waals surface area contributed by atoms with Gasteiger partial charge in [-0.2, -0.15) is 0 Å². The lowest BCUT2D eigenvalue weighted by Crippen LogP contribution is -2.21. The highest BCUT2D eigenvalue weighted by Gasteiger charge is 2.24. The number of aliphatic imine (C=N–C) groups is 1. The number of esters is 1. The van der Waals surface area contributed by atoms with Gasteiger partial charge in [-0.05, 0) is 6.08 Å². The van der Waals surface area contributed by atoms with Gasteiger partial charge in [0.2, 0.25) is 0 Å². The van der Waals surface area contributed by atoms with E-state index >= 15 is 0 Å². The predicted molar refractivity (Wildman–Crippen MR) is 54.3 cm³/mol. The first-order chi connectivity index (χ1) is 7.22. The first kappa shape index (κ1) is 9.58. The third-order valence-electron chi connectivity index (χ3n) is 2.26. The Bertz CT molecular complexity index is 441. The summed E-state index contributed by atoms with van der Waals surface area (Å²) in [6.07, 6.45) is 7.75. The first-order valence-corrected chi connectivity index (χ1v) is 4.49. The smallest absolute Gasteiger partial charge is 0.316 e. The summed E-state index contributed by atoms with van der Waals surface area (Å²) >= 11 is 0. The molecule has 4 nitrogen and oxygen atoms in total. The molecule has 0 fully saturated rings. The molecule has 0 radical (unpaired) electrons. The van der Waals surface area contributed by atoms with E-state index in [0.717, 1.165) is 0 Å². The van der Waals surface area contributed by atoms with Crippen molar-refractivity contribution in [3.8, 4) is 0 Å². The van der Waals surface area contributed by atoms with Crippen LogP contribution >= 0.6 is 0 Å². The fourth-order valence-corrected chi connectivity index (χ4v) is 1.48. The summed E-state index contributed by atoms with van der Waals surface area (Å²) in [6.45, 7) is 0. The van der Waals surface area contributed by atoms with E-state index in [9.17, 15) is 9.59 Å². The van der Waals surface area contributed by atoms with Gasteiger partial charge in [0.1, 0.15) is 0 Å². The van der Waals surface area contributed by atoms with Crippen LogP contribution < -0.4 is 0 Å². The summed E-state index contributed by atoms with van der Waals surface area (Å²) < 4.78 is 4.60. The lowest BCUT2D eigenvalue weighted by molar-refractivity contribution is -0.142. The van der Waals surface area contributed by atoms with Gasteiger partial charge < -0.3 is 4.74 Å². The molecule has 0 spiro atoms. The number of carbonyl (C=O) groups is 2. The van der Waals surface area contributed by atoms with Crippen LogP contribution in [0.1, 0.15) is 0 Å². The number of allylic oxidation sites excluding steroid dienone is 3. The van der Waals surface area contributed by atoms with Gasteiger partial charge in [0.15, 0.2) is 5.78 Å². The second kappa shape index (κ2) is 3.65. The average Bonchev–Trinajstić information content (AvgIpc) is 2.28. The van der Waals surface area contributed by atoms with Crippen molar-refractivity contribution in [1.29, 1.82) is 0 Å². The molecular formula is C11H9NO3. The molecule has 4 heteroatoms. The Balaban J connectivity index is 2.33. The maximum atomic E-state index is 11.5. The van der Waals surface area contributed by atoms with Crippen LogP contribution in [-0.4, -0.2) is 24.6 Å². The van der Waals surface area contributed by atoms with Gasteiger partial charge in [-0.15, -0.1) is 0 Å². The molecule has 15 heavy (non-hydrogen) atoms. The molecule has 1 aliphatic heterocycles. The van der Waals surface area contributed by atoms with E-state index in [4.69, 9.17) is 0 Å². The molecule has 2 rings (SSSR count). The Morgan fingerprint density at radius 1 is 1.47 bits per heavy atom. The topological polar surface area (TPSA) is 55.7 Å². The third kappa shape index (κ3) is 1.66. The van der Waals surface area contributed by atoms with Crippen molar-refractivity contribution in [2.45, 2.75) is 0 Å². The minimum absolute atomic E-state index is 0.127. The highest BCUT2D eigenvalue weighted by Crippen LogP contribution is 2.19. The predicted octanol–water partition coefficient (Wildman–Crippen LogP) is 0.809. The molecule has 2 aliphatic rings. The van der Waals surface area contributed by atoms with Crippen LogP contribution in [0.5, 0.6) is 0 Å². The molecule has 76 valence electrons. The van der Waals surface area contributed by atoms with E-state index in [2.05, 4.69) is 9.73 Å². The monoisotopic (exact) mass is 203 g/mol. The number of carbonyl (C=O) groups excluding carboxylic acids is 2. The fraction of sp³-hybridized carbons (Fsp3) is 0.182. The van der Waals surface area contributed by atoms with Crippen LogP contribution in [0.15, 0.2) is 41.1 Å². The molecule has 1 unspecified atom stereocenters. The second-order valence-corrected chi connectivity index (χ2v) is 3.18. The zero-order valence-electron chi connectivity index (χ0n) is 8.14. The molecule has 0 bridgehead atoms. The minimum atomic E-state index is -0.487. The summed E-state index contributed by atoms with van der Waals surface area (Å²) in [6, 6.07) is 0. The zero-order valence-corrected chi connectivity index (χ0v) is 8.14. The zero-order chi connectivity index (χ0) is 10.8. The quantitative estimate of drug-likeness (QED) is 0.592. The lowest BCUT2D eigenvalue weighted by Gasteiger charge is -2.15. The van der Waals surface area contributed by atoms with Gasteiger partial charge in [-0.1, -0.05) is 12.2 Å². The van der Waals surface area contributed by atoms with Gasteiger partial charge in [0, 0.05) is 17.8 Å². The van der Waals surface area contributed by atoms with E-state index in [-0.39, 0.29) is 11.8 Å². The van der Waals surface area contributed by atoms with Crippen LogP contribution in [0.2, 0.25) is 0 Å². The molecule has 0 aromatic carbocycles. The van der Waals surface area contributed by atoms with Crippen LogP contribution in [-0.2, 0) is 14.3 Å². The summed E-state index contributed by atoms with van der Waals surface area (Å²) in [5, 5.41) is 0. The maximum Gasteiger partial charge on any atom is 0.316 e.